The monoisotopic (exact) mass is 256 g/mol. The summed E-state index contributed by atoms with van der Waals surface area (Å²) in [6.45, 7) is 2.21. The molecule has 1 aliphatic rings. The number of hydrogen-bond donors (Lipinski definition) is 1. The Hall–Kier alpha value is -1.04. The predicted molar refractivity (Wildman–Crippen MR) is 63.0 cm³/mol. The highest BCUT2D eigenvalue weighted by Gasteiger charge is 2.28. The van der Waals surface area contributed by atoms with Gasteiger partial charge in [0, 0.05) is 5.92 Å². The highest BCUT2D eigenvalue weighted by atomic mass is 32.2. The van der Waals surface area contributed by atoms with Crippen LogP contribution in [0.3, 0.4) is 0 Å². The molecule has 0 amide bonds. The highest BCUT2D eigenvalue weighted by Crippen LogP contribution is 2.38. The van der Waals surface area contributed by atoms with Gasteiger partial charge in [0.25, 0.3) is 5.22 Å². The number of aliphatic carboxylic acids is 1. The Morgan fingerprint density at radius 1 is 1.59 bits per heavy atom. The second-order valence-corrected chi connectivity index (χ2v) is 5.31. The average Bonchev–Trinajstić information content (AvgIpc) is 2.94. The Morgan fingerprint density at radius 2 is 2.41 bits per heavy atom. The van der Waals surface area contributed by atoms with E-state index < -0.39 is 5.97 Å². The van der Waals surface area contributed by atoms with Gasteiger partial charge in [-0.2, -0.15) is 4.98 Å². The van der Waals surface area contributed by atoms with E-state index in [4.69, 9.17) is 9.63 Å². The number of rotatable bonds is 5. The van der Waals surface area contributed by atoms with Gasteiger partial charge >= 0.3 is 5.97 Å². The Morgan fingerprint density at radius 3 is 3.06 bits per heavy atom. The van der Waals surface area contributed by atoms with Crippen LogP contribution in [0.15, 0.2) is 9.75 Å². The van der Waals surface area contributed by atoms with Crippen molar-refractivity contribution in [3.8, 4) is 0 Å². The van der Waals surface area contributed by atoms with E-state index in [2.05, 4.69) is 17.1 Å². The molecule has 2 rings (SSSR count). The zero-order valence-corrected chi connectivity index (χ0v) is 10.6. The van der Waals surface area contributed by atoms with Gasteiger partial charge < -0.3 is 9.63 Å². The number of aromatic nitrogens is 2. The third kappa shape index (κ3) is 3.21. The lowest BCUT2D eigenvalue weighted by Gasteiger charge is -2.04. The van der Waals surface area contributed by atoms with Crippen LogP contribution in [0.5, 0.6) is 0 Å². The van der Waals surface area contributed by atoms with Crippen molar-refractivity contribution in [2.24, 2.45) is 5.92 Å². The van der Waals surface area contributed by atoms with Gasteiger partial charge in [-0.25, -0.2) is 0 Å². The third-order valence-electron chi connectivity index (χ3n) is 3.23. The highest BCUT2D eigenvalue weighted by molar-refractivity contribution is 7.99. The zero-order valence-electron chi connectivity index (χ0n) is 9.76. The predicted octanol–water partition coefficient (Wildman–Crippen LogP) is 2.54. The number of hydrogen-bond acceptors (Lipinski definition) is 5. The fourth-order valence-electron chi connectivity index (χ4n) is 2.25. The summed E-state index contributed by atoms with van der Waals surface area (Å²) in [4.78, 5) is 14.7. The van der Waals surface area contributed by atoms with Crippen LogP contribution in [0.1, 0.15) is 44.3 Å². The number of nitrogens with zero attached hydrogens (tertiary/aromatic N) is 2. The Bertz CT molecular complexity index is 394. The molecule has 0 spiro atoms. The van der Waals surface area contributed by atoms with Gasteiger partial charge in [-0.3, -0.25) is 4.79 Å². The normalized spacial score (nSPS) is 24.1. The standard InChI is InChI=1S/C11H16N2O3S/c1-2-7-3-4-8(5-7)10-12-11(16-13-10)17-6-9(14)15/h7-8H,2-6H2,1H3,(H,14,15). The molecule has 6 heteroatoms. The first-order valence-electron chi connectivity index (χ1n) is 5.87. The van der Waals surface area contributed by atoms with Crippen LogP contribution in [0, 0.1) is 5.92 Å². The number of carboxylic acids is 1. The Balaban J connectivity index is 1.92. The van der Waals surface area contributed by atoms with E-state index in [0.29, 0.717) is 11.1 Å². The lowest BCUT2D eigenvalue weighted by molar-refractivity contribution is -0.133. The van der Waals surface area contributed by atoms with Gasteiger partial charge in [0.15, 0.2) is 5.82 Å². The average molecular weight is 256 g/mol. The Labute approximate surface area is 104 Å². The summed E-state index contributed by atoms with van der Waals surface area (Å²) < 4.78 is 5.03. The van der Waals surface area contributed by atoms with E-state index in [-0.39, 0.29) is 5.75 Å². The molecule has 1 aromatic heterocycles. The zero-order chi connectivity index (χ0) is 12.3. The summed E-state index contributed by atoms with van der Waals surface area (Å²) in [7, 11) is 0. The summed E-state index contributed by atoms with van der Waals surface area (Å²) in [5, 5.41) is 12.9. The van der Waals surface area contributed by atoms with Crippen molar-refractivity contribution in [2.75, 3.05) is 5.75 Å². The molecule has 0 saturated heterocycles. The molecule has 1 saturated carbocycles. The van der Waals surface area contributed by atoms with Gasteiger partial charge in [0.1, 0.15) is 5.75 Å². The molecule has 1 N–H and O–H groups in total. The molecule has 17 heavy (non-hydrogen) atoms. The van der Waals surface area contributed by atoms with Gasteiger partial charge in [-0.1, -0.05) is 30.3 Å². The van der Waals surface area contributed by atoms with E-state index in [1.54, 1.807) is 0 Å². The van der Waals surface area contributed by atoms with Crippen LogP contribution in [-0.2, 0) is 4.79 Å². The second-order valence-electron chi connectivity index (χ2n) is 4.39. The molecule has 1 aromatic rings. The molecule has 2 atom stereocenters. The number of carbonyl (C=O) groups is 1. The third-order valence-corrected chi connectivity index (χ3v) is 4.03. The van der Waals surface area contributed by atoms with Crippen LogP contribution in [-0.4, -0.2) is 27.0 Å². The quantitative estimate of drug-likeness (QED) is 0.816. The summed E-state index contributed by atoms with van der Waals surface area (Å²) in [6, 6.07) is 0. The smallest absolute Gasteiger partial charge is 0.314 e. The van der Waals surface area contributed by atoms with Crippen molar-refractivity contribution in [1.29, 1.82) is 0 Å². The maximum Gasteiger partial charge on any atom is 0.314 e. The fraction of sp³-hybridized carbons (Fsp3) is 0.727. The molecule has 2 unspecified atom stereocenters. The van der Waals surface area contributed by atoms with Crippen LogP contribution in [0.4, 0.5) is 0 Å². The maximum absolute atomic E-state index is 10.4. The molecule has 1 heterocycles. The summed E-state index contributed by atoms with van der Waals surface area (Å²) in [6.07, 6.45) is 4.67. The Kier molecular flexibility index (Phi) is 4.04. The van der Waals surface area contributed by atoms with E-state index in [1.807, 2.05) is 0 Å². The molecule has 0 radical (unpaired) electrons. The van der Waals surface area contributed by atoms with Crippen LogP contribution >= 0.6 is 11.8 Å². The van der Waals surface area contributed by atoms with Gasteiger partial charge in [0.2, 0.25) is 0 Å². The largest absolute Gasteiger partial charge is 0.481 e. The molecule has 94 valence electrons. The topological polar surface area (TPSA) is 76.2 Å². The van der Waals surface area contributed by atoms with E-state index >= 15 is 0 Å². The van der Waals surface area contributed by atoms with Crippen molar-refractivity contribution in [3.05, 3.63) is 5.82 Å². The molecular formula is C11H16N2O3S. The van der Waals surface area contributed by atoms with Crippen molar-refractivity contribution < 1.29 is 14.4 Å². The summed E-state index contributed by atoms with van der Waals surface area (Å²) >= 11 is 1.07. The molecule has 5 nitrogen and oxygen atoms in total. The van der Waals surface area contributed by atoms with Crippen molar-refractivity contribution in [3.63, 3.8) is 0 Å². The lowest BCUT2D eigenvalue weighted by Crippen LogP contribution is -1.98. The van der Waals surface area contributed by atoms with E-state index in [9.17, 15) is 4.79 Å². The van der Waals surface area contributed by atoms with Crippen molar-refractivity contribution in [1.82, 2.24) is 10.1 Å². The van der Waals surface area contributed by atoms with Gasteiger partial charge in [-0.05, 0) is 25.2 Å². The van der Waals surface area contributed by atoms with Crippen molar-refractivity contribution in [2.45, 2.75) is 43.7 Å². The molecule has 1 aliphatic carbocycles. The fourth-order valence-corrected chi connectivity index (χ4v) is 2.74. The SMILES string of the molecule is CCC1CCC(c2noc(SCC(=O)O)n2)C1. The molecule has 0 aliphatic heterocycles. The number of carboxylic acid groups (broad SMARTS) is 1. The molecule has 0 bridgehead atoms. The lowest BCUT2D eigenvalue weighted by atomic mass is 10.0. The summed E-state index contributed by atoms with van der Waals surface area (Å²) in [5.41, 5.74) is 0. The first-order valence-corrected chi connectivity index (χ1v) is 6.85. The maximum atomic E-state index is 10.4. The van der Waals surface area contributed by atoms with Crippen LogP contribution in [0.2, 0.25) is 0 Å². The molecular weight excluding hydrogens is 240 g/mol. The van der Waals surface area contributed by atoms with Crippen LogP contribution in [0.25, 0.3) is 0 Å². The first-order chi connectivity index (χ1) is 8.19. The molecule has 0 aromatic carbocycles. The second kappa shape index (κ2) is 5.53. The van der Waals surface area contributed by atoms with E-state index in [0.717, 1.165) is 36.3 Å². The summed E-state index contributed by atoms with van der Waals surface area (Å²) in [5.74, 6) is 0.996. The molecule has 1 fully saturated rings. The first kappa shape index (κ1) is 12.4. The van der Waals surface area contributed by atoms with Crippen molar-refractivity contribution >= 4 is 17.7 Å². The van der Waals surface area contributed by atoms with Gasteiger partial charge in [-0.15, -0.1) is 0 Å². The van der Waals surface area contributed by atoms with E-state index in [1.165, 1.54) is 12.8 Å². The van der Waals surface area contributed by atoms with Crippen LogP contribution < -0.4 is 0 Å². The van der Waals surface area contributed by atoms with Gasteiger partial charge in [0.05, 0.1) is 0 Å². The minimum atomic E-state index is -0.873. The minimum Gasteiger partial charge on any atom is -0.481 e. The minimum absolute atomic E-state index is 0.0378. The number of thioether (sulfide) groups is 1.